The fraction of sp³-hybridized carbons (Fsp3) is 0.222. The SMILES string of the molecule is CCOc1ccc(NC(=O)c2ccc(NC(=O)CNc3ccccc3C(=O)NC3CC3)cc2)cc1. The van der Waals surface area contributed by atoms with E-state index < -0.39 is 0 Å². The van der Waals surface area contributed by atoms with Gasteiger partial charge in [0, 0.05) is 28.7 Å². The second-order valence-electron chi connectivity index (χ2n) is 8.18. The highest BCUT2D eigenvalue weighted by molar-refractivity contribution is 6.05. The molecule has 3 amide bonds. The molecule has 0 heterocycles. The van der Waals surface area contributed by atoms with Gasteiger partial charge in [-0.1, -0.05) is 12.1 Å². The van der Waals surface area contributed by atoms with E-state index in [4.69, 9.17) is 4.74 Å². The summed E-state index contributed by atoms with van der Waals surface area (Å²) in [7, 11) is 0. The molecule has 1 aliphatic carbocycles. The Hall–Kier alpha value is -4.33. The normalized spacial score (nSPS) is 12.4. The molecule has 1 aliphatic rings. The van der Waals surface area contributed by atoms with Gasteiger partial charge < -0.3 is 26.0 Å². The van der Waals surface area contributed by atoms with Crippen molar-refractivity contribution in [3.05, 3.63) is 83.9 Å². The minimum Gasteiger partial charge on any atom is -0.494 e. The van der Waals surface area contributed by atoms with E-state index in [9.17, 15) is 14.4 Å². The van der Waals surface area contributed by atoms with Gasteiger partial charge in [0.15, 0.2) is 0 Å². The molecule has 0 radical (unpaired) electrons. The van der Waals surface area contributed by atoms with Crippen molar-refractivity contribution in [2.45, 2.75) is 25.8 Å². The highest BCUT2D eigenvalue weighted by Gasteiger charge is 2.24. The van der Waals surface area contributed by atoms with Gasteiger partial charge >= 0.3 is 0 Å². The van der Waals surface area contributed by atoms with E-state index in [1.807, 2.05) is 13.0 Å². The van der Waals surface area contributed by atoms with E-state index in [1.54, 1.807) is 66.7 Å². The molecule has 3 aromatic rings. The zero-order valence-corrected chi connectivity index (χ0v) is 19.5. The van der Waals surface area contributed by atoms with Gasteiger partial charge in [-0.15, -0.1) is 0 Å². The van der Waals surface area contributed by atoms with Crippen LogP contribution in [0.3, 0.4) is 0 Å². The topological polar surface area (TPSA) is 109 Å². The second kappa shape index (κ2) is 11.2. The van der Waals surface area contributed by atoms with Crippen LogP contribution in [0.4, 0.5) is 17.1 Å². The minimum absolute atomic E-state index is 0.00625. The Kier molecular flexibility index (Phi) is 7.62. The van der Waals surface area contributed by atoms with Crippen LogP contribution in [-0.2, 0) is 4.79 Å². The van der Waals surface area contributed by atoms with Crippen molar-refractivity contribution in [1.29, 1.82) is 0 Å². The van der Waals surface area contributed by atoms with Crippen LogP contribution in [0, 0.1) is 0 Å². The molecule has 4 rings (SSSR count). The first-order chi connectivity index (χ1) is 17.0. The molecule has 3 aromatic carbocycles. The maximum absolute atomic E-state index is 12.5. The third-order valence-corrected chi connectivity index (χ3v) is 5.38. The Morgan fingerprint density at radius 3 is 2.17 bits per heavy atom. The van der Waals surface area contributed by atoms with Crippen LogP contribution in [0.5, 0.6) is 5.75 Å². The molecule has 0 aromatic heterocycles. The Balaban J connectivity index is 1.28. The monoisotopic (exact) mass is 472 g/mol. The van der Waals surface area contributed by atoms with Gasteiger partial charge in [0.25, 0.3) is 11.8 Å². The van der Waals surface area contributed by atoms with Crippen LogP contribution in [-0.4, -0.2) is 36.9 Å². The van der Waals surface area contributed by atoms with E-state index in [1.165, 1.54) is 0 Å². The lowest BCUT2D eigenvalue weighted by Crippen LogP contribution is -2.27. The van der Waals surface area contributed by atoms with Gasteiger partial charge in [0.1, 0.15) is 5.75 Å². The van der Waals surface area contributed by atoms with E-state index in [-0.39, 0.29) is 30.3 Å². The Morgan fingerprint density at radius 1 is 0.829 bits per heavy atom. The molecule has 4 N–H and O–H groups in total. The molecular weight excluding hydrogens is 444 g/mol. The molecule has 8 heteroatoms. The van der Waals surface area contributed by atoms with Crippen LogP contribution in [0.2, 0.25) is 0 Å². The zero-order chi connectivity index (χ0) is 24.6. The summed E-state index contributed by atoms with van der Waals surface area (Å²) in [5.74, 6) is 0.0731. The largest absolute Gasteiger partial charge is 0.494 e. The molecule has 1 fully saturated rings. The number of benzene rings is 3. The third-order valence-electron chi connectivity index (χ3n) is 5.38. The van der Waals surface area contributed by atoms with Crippen LogP contribution in [0.15, 0.2) is 72.8 Å². The number of ether oxygens (including phenoxy) is 1. The quantitative estimate of drug-likeness (QED) is 0.352. The average Bonchev–Trinajstić information content (AvgIpc) is 3.69. The van der Waals surface area contributed by atoms with Gasteiger partial charge in [-0.2, -0.15) is 0 Å². The first kappa shape index (κ1) is 23.8. The first-order valence-electron chi connectivity index (χ1n) is 11.6. The Bertz CT molecular complexity index is 1190. The van der Waals surface area contributed by atoms with E-state index in [0.29, 0.717) is 34.8 Å². The fourth-order valence-corrected chi connectivity index (χ4v) is 3.42. The van der Waals surface area contributed by atoms with Gasteiger partial charge in [0.05, 0.1) is 18.7 Å². The van der Waals surface area contributed by atoms with E-state index >= 15 is 0 Å². The summed E-state index contributed by atoms with van der Waals surface area (Å²) in [5, 5.41) is 11.6. The standard InChI is InChI=1S/C27H28N4O4/c1-2-35-22-15-13-21(14-16-22)30-26(33)18-7-9-19(10-8-18)29-25(32)17-28-24-6-4-3-5-23(24)27(34)31-20-11-12-20/h3-10,13-16,20,28H,2,11-12,17H2,1H3,(H,29,32)(H,30,33)(H,31,34). The number of amides is 3. The van der Waals surface area contributed by atoms with Crippen molar-refractivity contribution in [2.75, 3.05) is 29.1 Å². The number of rotatable bonds is 10. The molecule has 0 spiro atoms. The Morgan fingerprint density at radius 2 is 1.49 bits per heavy atom. The molecule has 35 heavy (non-hydrogen) atoms. The third kappa shape index (κ3) is 6.83. The molecule has 0 saturated heterocycles. The number of anilines is 3. The van der Waals surface area contributed by atoms with Gasteiger partial charge in [-0.05, 0) is 80.4 Å². The minimum atomic E-state index is -0.269. The molecule has 0 aliphatic heterocycles. The van der Waals surface area contributed by atoms with Crippen LogP contribution in [0.1, 0.15) is 40.5 Å². The van der Waals surface area contributed by atoms with Crippen LogP contribution >= 0.6 is 0 Å². The maximum atomic E-state index is 12.5. The lowest BCUT2D eigenvalue weighted by molar-refractivity contribution is -0.114. The van der Waals surface area contributed by atoms with Crippen molar-refractivity contribution in [3.63, 3.8) is 0 Å². The highest BCUT2D eigenvalue weighted by atomic mass is 16.5. The highest BCUT2D eigenvalue weighted by Crippen LogP contribution is 2.22. The number of hydrogen-bond donors (Lipinski definition) is 4. The molecule has 0 unspecified atom stereocenters. The molecule has 0 atom stereocenters. The van der Waals surface area contributed by atoms with Crippen molar-refractivity contribution in [3.8, 4) is 5.75 Å². The van der Waals surface area contributed by atoms with Crippen molar-refractivity contribution >= 4 is 34.8 Å². The predicted octanol–water partition coefficient (Wildman–Crippen LogP) is 4.28. The molecule has 0 bridgehead atoms. The molecule has 8 nitrogen and oxygen atoms in total. The zero-order valence-electron chi connectivity index (χ0n) is 19.5. The van der Waals surface area contributed by atoms with Crippen LogP contribution < -0.4 is 26.0 Å². The summed E-state index contributed by atoms with van der Waals surface area (Å²) in [6.45, 7) is 2.48. The first-order valence-corrected chi connectivity index (χ1v) is 11.6. The number of hydrogen-bond acceptors (Lipinski definition) is 5. The number of carbonyl (C=O) groups excluding carboxylic acids is 3. The predicted molar refractivity (Wildman–Crippen MR) is 136 cm³/mol. The van der Waals surface area contributed by atoms with E-state index in [2.05, 4.69) is 21.3 Å². The van der Waals surface area contributed by atoms with Gasteiger partial charge in [-0.25, -0.2) is 0 Å². The number of para-hydroxylation sites is 1. The maximum Gasteiger partial charge on any atom is 0.255 e. The van der Waals surface area contributed by atoms with Crippen LogP contribution in [0.25, 0.3) is 0 Å². The summed E-state index contributed by atoms with van der Waals surface area (Å²) < 4.78 is 5.40. The van der Waals surface area contributed by atoms with E-state index in [0.717, 1.165) is 18.6 Å². The average molecular weight is 473 g/mol. The second-order valence-corrected chi connectivity index (χ2v) is 8.18. The number of nitrogens with one attached hydrogen (secondary N) is 4. The summed E-state index contributed by atoms with van der Waals surface area (Å²) >= 11 is 0. The molecular formula is C27H28N4O4. The fourth-order valence-electron chi connectivity index (χ4n) is 3.42. The Labute approximate surface area is 204 Å². The van der Waals surface area contributed by atoms with Crippen molar-refractivity contribution in [2.24, 2.45) is 0 Å². The molecule has 180 valence electrons. The number of carbonyl (C=O) groups is 3. The van der Waals surface area contributed by atoms with Gasteiger partial charge in [-0.3, -0.25) is 14.4 Å². The van der Waals surface area contributed by atoms with Crippen molar-refractivity contribution in [1.82, 2.24) is 5.32 Å². The van der Waals surface area contributed by atoms with Gasteiger partial charge in [0.2, 0.25) is 5.91 Å². The lowest BCUT2D eigenvalue weighted by Gasteiger charge is -2.12. The van der Waals surface area contributed by atoms with Crippen molar-refractivity contribution < 1.29 is 19.1 Å². The summed E-state index contributed by atoms with van der Waals surface area (Å²) in [6, 6.07) is 21.1. The summed E-state index contributed by atoms with van der Waals surface area (Å²) in [4.78, 5) is 37.3. The summed E-state index contributed by atoms with van der Waals surface area (Å²) in [5.41, 5.74) is 2.80. The lowest BCUT2D eigenvalue weighted by atomic mass is 10.1. The smallest absolute Gasteiger partial charge is 0.255 e. The molecule has 1 saturated carbocycles. The summed E-state index contributed by atoms with van der Waals surface area (Å²) in [6.07, 6.45) is 2.01.